The first kappa shape index (κ1) is 12.2. The van der Waals surface area contributed by atoms with Crippen LogP contribution in [0.2, 0.25) is 0 Å². The highest BCUT2D eigenvalue weighted by molar-refractivity contribution is 7.09. The molecule has 3 nitrogen and oxygen atoms in total. The third-order valence-electron chi connectivity index (χ3n) is 2.30. The summed E-state index contributed by atoms with van der Waals surface area (Å²) in [6.07, 6.45) is 0.620. The molecule has 0 aliphatic heterocycles. The Bertz CT molecular complexity index is 442. The lowest BCUT2D eigenvalue weighted by Crippen LogP contribution is -1.95. The van der Waals surface area contributed by atoms with Crippen LogP contribution < -0.4 is 0 Å². The van der Waals surface area contributed by atoms with Crippen LogP contribution in [0, 0.1) is 0 Å². The monoisotopic (exact) mass is 249 g/mol. The second-order valence-electron chi connectivity index (χ2n) is 3.68. The van der Waals surface area contributed by atoms with Crippen LogP contribution in [0.4, 0.5) is 0 Å². The highest BCUT2D eigenvalue weighted by atomic mass is 32.1. The standard InChI is InChI=1S/C13H15NO2S/c15-7-6-12-10-17-13(14-12)9-16-8-11-4-2-1-3-5-11/h1-5,10,15H,6-9H2. The van der Waals surface area contributed by atoms with Gasteiger partial charge in [-0.1, -0.05) is 30.3 Å². The van der Waals surface area contributed by atoms with Crippen molar-refractivity contribution in [1.29, 1.82) is 0 Å². The van der Waals surface area contributed by atoms with Gasteiger partial charge in [-0.2, -0.15) is 0 Å². The van der Waals surface area contributed by atoms with E-state index < -0.39 is 0 Å². The number of benzene rings is 1. The van der Waals surface area contributed by atoms with Crippen molar-refractivity contribution in [3.63, 3.8) is 0 Å². The molecule has 1 aromatic carbocycles. The van der Waals surface area contributed by atoms with Gasteiger partial charge in [0.1, 0.15) is 5.01 Å². The Balaban J connectivity index is 1.78. The van der Waals surface area contributed by atoms with Crippen molar-refractivity contribution in [1.82, 2.24) is 4.98 Å². The molecule has 0 saturated carbocycles. The number of hydrogen-bond donors (Lipinski definition) is 1. The molecule has 0 radical (unpaired) electrons. The summed E-state index contributed by atoms with van der Waals surface area (Å²) >= 11 is 1.58. The van der Waals surface area contributed by atoms with Gasteiger partial charge in [0.15, 0.2) is 0 Å². The van der Waals surface area contributed by atoms with Crippen molar-refractivity contribution < 1.29 is 9.84 Å². The maximum absolute atomic E-state index is 8.79. The number of aliphatic hydroxyl groups is 1. The molecule has 90 valence electrons. The fourth-order valence-corrected chi connectivity index (χ4v) is 2.24. The highest BCUT2D eigenvalue weighted by Gasteiger charge is 2.01. The van der Waals surface area contributed by atoms with Crippen molar-refractivity contribution in [3.8, 4) is 0 Å². The van der Waals surface area contributed by atoms with E-state index >= 15 is 0 Å². The number of aromatic nitrogens is 1. The lowest BCUT2D eigenvalue weighted by Gasteiger charge is -2.01. The SMILES string of the molecule is OCCc1csc(COCc2ccccc2)n1. The average molecular weight is 249 g/mol. The topological polar surface area (TPSA) is 42.4 Å². The highest BCUT2D eigenvalue weighted by Crippen LogP contribution is 2.12. The molecular formula is C13H15NO2S. The summed E-state index contributed by atoms with van der Waals surface area (Å²) in [5.74, 6) is 0. The largest absolute Gasteiger partial charge is 0.396 e. The fraction of sp³-hybridized carbons (Fsp3) is 0.308. The molecule has 4 heteroatoms. The van der Waals surface area contributed by atoms with Crippen LogP contribution in [0.3, 0.4) is 0 Å². The molecule has 0 amide bonds. The molecule has 0 unspecified atom stereocenters. The van der Waals surface area contributed by atoms with E-state index in [-0.39, 0.29) is 6.61 Å². The molecule has 1 aromatic heterocycles. The summed E-state index contributed by atoms with van der Waals surface area (Å²) < 4.78 is 5.58. The van der Waals surface area contributed by atoms with E-state index in [9.17, 15) is 0 Å². The predicted molar refractivity (Wildman–Crippen MR) is 67.8 cm³/mol. The molecule has 0 spiro atoms. The number of hydrogen-bond acceptors (Lipinski definition) is 4. The minimum atomic E-state index is 0.147. The van der Waals surface area contributed by atoms with E-state index in [0.29, 0.717) is 19.6 Å². The number of aliphatic hydroxyl groups excluding tert-OH is 1. The summed E-state index contributed by atoms with van der Waals surface area (Å²) in [5.41, 5.74) is 2.11. The Morgan fingerprint density at radius 2 is 2.00 bits per heavy atom. The average Bonchev–Trinajstić information content (AvgIpc) is 2.79. The first-order valence-corrected chi connectivity index (χ1v) is 6.42. The van der Waals surface area contributed by atoms with Crippen molar-refractivity contribution in [2.24, 2.45) is 0 Å². The van der Waals surface area contributed by atoms with Gasteiger partial charge < -0.3 is 9.84 Å². The zero-order chi connectivity index (χ0) is 11.9. The van der Waals surface area contributed by atoms with Crippen LogP contribution in [-0.4, -0.2) is 16.7 Å². The van der Waals surface area contributed by atoms with Gasteiger partial charge in [-0.25, -0.2) is 4.98 Å². The second-order valence-corrected chi connectivity index (χ2v) is 4.63. The van der Waals surface area contributed by atoms with Crippen LogP contribution in [0.25, 0.3) is 0 Å². The Labute approximate surface area is 105 Å². The Morgan fingerprint density at radius 1 is 1.18 bits per heavy atom. The number of ether oxygens (including phenoxy) is 1. The second kappa shape index (κ2) is 6.49. The predicted octanol–water partition coefficient (Wildman–Crippen LogP) is 2.39. The van der Waals surface area contributed by atoms with Crippen molar-refractivity contribution >= 4 is 11.3 Å². The summed E-state index contributed by atoms with van der Waals surface area (Å²) in [7, 11) is 0. The van der Waals surface area contributed by atoms with Crippen LogP contribution in [0.5, 0.6) is 0 Å². The van der Waals surface area contributed by atoms with Crippen LogP contribution in [-0.2, 0) is 24.4 Å². The van der Waals surface area contributed by atoms with Crippen molar-refractivity contribution in [2.75, 3.05) is 6.61 Å². The van der Waals surface area contributed by atoms with E-state index in [1.165, 1.54) is 5.56 Å². The minimum Gasteiger partial charge on any atom is -0.396 e. The van der Waals surface area contributed by atoms with Crippen LogP contribution >= 0.6 is 11.3 Å². The van der Waals surface area contributed by atoms with Gasteiger partial charge in [0.2, 0.25) is 0 Å². The molecule has 1 heterocycles. The normalized spacial score (nSPS) is 10.6. The Morgan fingerprint density at radius 3 is 2.76 bits per heavy atom. The number of nitrogens with zero attached hydrogens (tertiary/aromatic N) is 1. The first-order chi connectivity index (χ1) is 8.38. The van der Waals surface area contributed by atoms with E-state index in [1.54, 1.807) is 11.3 Å². The summed E-state index contributed by atoms with van der Waals surface area (Å²) in [4.78, 5) is 4.36. The van der Waals surface area contributed by atoms with E-state index in [4.69, 9.17) is 9.84 Å². The Hall–Kier alpha value is -1.23. The molecule has 2 rings (SSSR count). The molecule has 0 saturated heterocycles. The Kier molecular flexibility index (Phi) is 4.67. The zero-order valence-corrected chi connectivity index (χ0v) is 10.3. The molecule has 17 heavy (non-hydrogen) atoms. The number of rotatable bonds is 6. The van der Waals surface area contributed by atoms with Gasteiger partial charge in [-0.15, -0.1) is 11.3 Å². The van der Waals surface area contributed by atoms with E-state index in [0.717, 1.165) is 10.7 Å². The third kappa shape index (κ3) is 3.93. The van der Waals surface area contributed by atoms with Gasteiger partial charge in [0.05, 0.1) is 18.9 Å². The third-order valence-corrected chi connectivity index (χ3v) is 3.18. The number of thiazole rings is 1. The zero-order valence-electron chi connectivity index (χ0n) is 9.50. The van der Waals surface area contributed by atoms with Gasteiger partial charge >= 0.3 is 0 Å². The lowest BCUT2D eigenvalue weighted by molar-refractivity contribution is 0.107. The molecule has 2 aromatic rings. The van der Waals surface area contributed by atoms with E-state index in [1.807, 2.05) is 35.7 Å². The van der Waals surface area contributed by atoms with Gasteiger partial charge in [0.25, 0.3) is 0 Å². The quantitative estimate of drug-likeness (QED) is 0.854. The smallest absolute Gasteiger partial charge is 0.119 e. The molecule has 0 aliphatic rings. The minimum absolute atomic E-state index is 0.147. The fourth-order valence-electron chi connectivity index (χ4n) is 1.48. The molecule has 0 fully saturated rings. The molecular weight excluding hydrogens is 234 g/mol. The maximum Gasteiger partial charge on any atom is 0.119 e. The van der Waals surface area contributed by atoms with Crippen LogP contribution in [0.1, 0.15) is 16.3 Å². The molecule has 0 aliphatic carbocycles. The molecule has 0 bridgehead atoms. The summed E-state index contributed by atoms with van der Waals surface area (Å²) in [5, 5.41) is 11.7. The van der Waals surface area contributed by atoms with Crippen molar-refractivity contribution in [3.05, 3.63) is 52.0 Å². The molecule has 0 atom stereocenters. The lowest BCUT2D eigenvalue weighted by atomic mass is 10.2. The van der Waals surface area contributed by atoms with Gasteiger partial charge in [-0.05, 0) is 5.56 Å². The maximum atomic E-state index is 8.79. The van der Waals surface area contributed by atoms with E-state index in [2.05, 4.69) is 4.98 Å². The van der Waals surface area contributed by atoms with Gasteiger partial charge in [-0.3, -0.25) is 0 Å². The van der Waals surface area contributed by atoms with Crippen LogP contribution in [0.15, 0.2) is 35.7 Å². The summed E-state index contributed by atoms with van der Waals surface area (Å²) in [6.45, 7) is 1.29. The van der Waals surface area contributed by atoms with Crippen molar-refractivity contribution in [2.45, 2.75) is 19.6 Å². The van der Waals surface area contributed by atoms with Gasteiger partial charge in [0, 0.05) is 18.4 Å². The summed E-state index contributed by atoms with van der Waals surface area (Å²) in [6, 6.07) is 10.1. The first-order valence-electron chi connectivity index (χ1n) is 5.54. The molecule has 1 N–H and O–H groups in total.